The topological polar surface area (TPSA) is 81.1 Å². The maximum atomic E-state index is 5.16. The number of anilines is 1. The summed E-state index contributed by atoms with van der Waals surface area (Å²) in [6.07, 6.45) is 0. The van der Waals surface area contributed by atoms with Gasteiger partial charge in [0.05, 0.1) is 12.2 Å². The number of rotatable bonds is 3. The second-order valence-electron chi connectivity index (χ2n) is 6.05. The normalized spacial score (nSPS) is 12.0. The van der Waals surface area contributed by atoms with Gasteiger partial charge in [0, 0.05) is 11.5 Å². The molecule has 0 saturated heterocycles. The Hall–Kier alpha value is -2.44. The van der Waals surface area contributed by atoms with Gasteiger partial charge >= 0.3 is 0 Å². The standard InChI is InChI=1S/C14H18N6O/c1-9-7-10(21-19-9)8-15-11-5-6-12-16-17-13(14(2,3)4)20(12)18-11/h5-7H,8H2,1-4H3,(H,15,18). The molecule has 0 saturated carbocycles. The molecule has 0 aliphatic carbocycles. The fraction of sp³-hybridized carbons (Fsp3) is 0.429. The van der Waals surface area contributed by atoms with Gasteiger partial charge in [0.25, 0.3) is 0 Å². The van der Waals surface area contributed by atoms with Crippen molar-refractivity contribution in [3.63, 3.8) is 0 Å². The largest absolute Gasteiger partial charge is 0.361 e. The summed E-state index contributed by atoms with van der Waals surface area (Å²) in [5, 5.41) is 20.0. The van der Waals surface area contributed by atoms with E-state index in [4.69, 9.17) is 4.52 Å². The molecule has 0 fully saturated rings. The average molecular weight is 286 g/mol. The van der Waals surface area contributed by atoms with E-state index in [1.165, 1.54) is 0 Å². The Morgan fingerprint density at radius 1 is 1.24 bits per heavy atom. The third kappa shape index (κ3) is 2.72. The molecular weight excluding hydrogens is 268 g/mol. The first-order valence-corrected chi connectivity index (χ1v) is 6.82. The minimum atomic E-state index is -0.118. The summed E-state index contributed by atoms with van der Waals surface area (Å²) in [6, 6.07) is 5.66. The molecule has 110 valence electrons. The molecule has 0 unspecified atom stereocenters. The van der Waals surface area contributed by atoms with E-state index in [2.05, 4.69) is 46.5 Å². The van der Waals surface area contributed by atoms with Gasteiger partial charge in [-0.25, -0.2) is 0 Å². The van der Waals surface area contributed by atoms with E-state index in [1.807, 2.05) is 25.1 Å². The van der Waals surface area contributed by atoms with E-state index >= 15 is 0 Å². The van der Waals surface area contributed by atoms with Gasteiger partial charge in [0.15, 0.2) is 17.2 Å². The lowest BCUT2D eigenvalue weighted by Crippen LogP contribution is -2.17. The summed E-state index contributed by atoms with van der Waals surface area (Å²) in [5.74, 6) is 2.34. The van der Waals surface area contributed by atoms with Crippen molar-refractivity contribution in [3.8, 4) is 0 Å². The van der Waals surface area contributed by atoms with Crippen molar-refractivity contribution in [2.45, 2.75) is 39.7 Å². The maximum absolute atomic E-state index is 5.16. The van der Waals surface area contributed by atoms with Crippen molar-refractivity contribution in [2.24, 2.45) is 0 Å². The SMILES string of the molecule is Cc1cc(CNc2ccc3nnc(C(C)(C)C)n3n2)on1. The highest BCUT2D eigenvalue weighted by Gasteiger charge is 2.21. The predicted molar refractivity (Wildman–Crippen MR) is 78.0 cm³/mol. The summed E-state index contributed by atoms with van der Waals surface area (Å²) < 4.78 is 6.94. The van der Waals surface area contributed by atoms with Gasteiger partial charge in [-0.05, 0) is 19.1 Å². The van der Waals surface area contributed by atoms with Crippen LogP contribution in [0.25, 0.3) is 5.65 Å². The van der Waals surface area contributed by atoms with Crippen LogP contribution >= 0.6 is 0 Å². The number of nitrogens with zero attached hydrogens (tertiary/aromatic N) is 5. The minimum Gasteiger partial charge on any atom is -0.361 e. The van der Waals surface area contributed by atoms with E-state index in [1.54, 1.807) is 4.52 Å². The average Bonchev–Trinajstić information content (AvgIpc) is 3.01. The molecule has 0 radical (unpaired) electrons. The van der Waals surface area contributed by atoms with Crippen molar-refractivity contribution < 1.29 is 4.52 Å². The van der Waals surface area contributed by atoms with E-state index in [-0.39, 0.29) is 5.41 Å². The van der Waals surface area contributed by atoms with E-state index in [0.717, 1.165) is 28.7 Å². The van der Waals surface area contributed by atoms with Crippen LogP contribution < -0.4 is 5.32 Å². The van der Waals surface area contributed by atoms with E-state index < -0.39 is 0 Å². The molecule has 0 bridgehead atoms. The highest BCUT2D eigenvalue weighted by atomic mass is 16.5. The molecular formula is C14H18N6O. The van der Waals surface area contributed by atoms with Crippen LogP contribution in [-0.4, -0.2) is 25.0 Å². The fourth-order valence-corrected chi connectivity index (χ4v) is 2.03. The van der Waals surface area contributed by atoms with Crippen molar-refractivity contribution in [3.05, 3.63) is 35.5 Å². The van der Waals surface area contributed by atoms with Crippen LogP contribution in [0.5, 0.6) is 0 Å². The van der Waals surface area contributed by atoms with Crippen LogP contribution in [0.4, 0.5) is 5.82 Å². The van der Waals surface area contributed by atoms with Gasteiger partial charge in [-0.2, -0.15) is 4.52 Å². The highest BCUT2D eigenvalue weighted by Crippen LogP contribution is 2.20. The summed E-state index contributed by atoms with van der Waals surface area (Å²) in [6.45, 7) is 8.68. The molecule has 0 aliphatic heterocycles. The van der Waals surface area contributed by atoms with Crippen LogP contribution in [-0.2, 0) is 12.0 Å². The lowest BCUT2D eigenvalue weighted by molar-refractivity contribution is 0.384. The van der Waals surface area contributed by atoms with Gasteiger partial charge in [0.1, 0.15) is 5.82 Å². The molecule has 0 spiro atoms. The van der Waals surface area contributed by atoms with Gasteiger partial charge in [-0.3, -0.25) is 0 Å². The monoisotopic (exact) mass is 286 g/mol. The molecule has 1 N–H and O–H groups in total. The minimum absolute atomic E-state index is 0.118. The van der Waals surface area contributed by atoms with Crippen LogP contribution in [0.1, 0.15) is 38.0 Å². The van der Waals surface area contributed by atoms with Crippen molar-refractivity contribution in [1.29, 1.82) is 0 Å². The van der Waals surface area contributed by atoms with E-state index in [0.29, 0.717) is 6.54 Å². The maximum Gasteiger partial charge on any atom is 0.178 e. The number of fused-ring (bicyclic) bond motifs is 1. The zero-order valence-electron chi connectivity index (χ0n) is 12.6. The highest BCUT2D eigenvalue weighted by molar-refractivity contribution is 5.44. The van der Waals surface area contributed by atoms with Crippen LogP contribution in [0.2, 0.25) is 0 Å². The molecule has 7 heteroatoms. The fourth-order valence-electron chi connectivity index (χ4n) is 2.03. The first kappa shape index (κ1) is 13.5. The first-order chi connectivity index (χ1) is 9.93. The zero-order chi connectivity index (χ0) is 15.0. The molecule has 0 atom stereocenters. The summed E-state index contributed by atoms with van der Waals surface area (Å²) in [4.78, 5) is 0. The second kappa shape index (κ2) is 4.83. The summed E-state index contributed by atoms with van der Waals surface area (Å²) in [7, 11) is 0. The van der Waals surface area contributed by atoms with Crippen LogP contribution in [0.15, 0.2) is 22.7 Å². The van der Waals surface area contributed by atoms with Gasteiger partial charge in [-0.1, -0.05) is 25.9 Å². The molecule has 3 aromatic heterocycles. The smallest absolute Gasteiger partial charge is 0.178 e. The number of aromatic nitrogens is 5. The predicted octanol–water partition coefficient (Wildman–Crippen LogP) is 2.33. The summed E-state index contributed by atoms with van der Waals surface area (Å²) in [5.41, 5.74) is 1.48. The Bertz CT molecular complexity index is 767. The molecule has 0 aromatic carbocycles. The molecule has 3 rings (SSSR count). The lowest BCUT2D eigenvalue weighted by Gasteiger charge is -2.15. The van der Waals surface area contributed by atoms with Crippen molar-refractivity contribution >= 4 is 11.5 Å². The third-order valence-corrected chi connectivity index (χ3v) is 3.05. The molecule has 7 nitrogen and oxygen atoms in total. The third-order valence-electron chi connectivity index (χ3n) is 3.05. The lowest BCUT2D eigenvalue weighted by atomic mass is 9.96. The van der Waals surface area contributed by atoms with Crippen molar-refractivity contribution in [2.75, 3.05) is 5.32 Å². The van der Waals surface area contributed by atoms with E-state index in [9.17, 15) is 0 Å². The molecule has 0 aliphatic rings. The van der Waals surface area contributed by atoms with Gasteiger partial charge in [0.2, 0.25) is 0 Å². The molecule has 3 aromatic rings. The Morgan fingerprint density at radius 2 is 2.05 bits per heavy atom. The second-order valence-corrected chi connectivity index (χ2v) is 6.05. The van der Waals surface area contributed by atoms with Gasteiger partial charge < -0.3 is 9.84 Å². The number of hydrogen-bond donors (Lipinski definition) is 1. The number of nitrogens with one attached hydrogen (secondary N) is 1. The van der Waals surface area contributed by atoms with Crippen LogP contribution in [0.3, 0.4) is 0 Å². The zero-order valence-corrected chi connectivity index (χ0v) is 12.6. The number of hydrogen-bond acceptors (Lipinski definition) is 6. The Labute approximate surface area is 122 Å². The van der Waals surface area contributed by atoms with Crippen molar-refractivity contribution in [1.82, 2.24) is 25.0 Å². The molecule has 0 amide bonds. The summed E-state index contributed by atoms with van der Waals surface area (Å²) >= 11 is 0. The molecule has 21 heavy (non-hydrogen) atoms. The Morgan fingerprint density at radius 3 is 2.71 bits per heavy atom. The number of aryl methyl sites for hydroxylation is 1. The Kier molecular flexibility index (Phi) is 3.12. The quantitative estimate of drug-likeness (QED) is 0.796. The Balaban J connectivity index is 1.86. The van der Waals surface area contributed by atoms with Crippen LogP contribution in [0, 0.1) is 6.92 Å². The van der Waals surface area contributed by atoms with Gasteiger partial charge in [-0.15, -0.1) is 15.3 Å². The first-order valence-electron chi connectivity index (χ1n) is 6.82. The molecule has 3 heterocycles.